The molecule has 3 fully saturated rings. The van der Waals surface area contributed by atoms with Gasteiger partial charge in [0.2, 0.25) is 0 Å². The Balaban J connectivity index is 1.51. The van der Waals surface area contributed by atoms with E-state index in [1.807, 2.05) is 0 Å². The first-order valence-electron chi connectivity index (χ1n) is 7.37. The second-order valence-corrected chi connectivity index (χ2v) is 5.87. The summed E-state index contributed by atoms with van der Waals surface area (Å²) in [5, 5.41) is 6.96. The third-order valence-electron chi connectivity index (χ3n) is 4.83. The van der Waals surface area contributed by atoms with E-state index in [0.29, 0.717) is 18.1 Å². The highest BCUT2D eigenvalue weighted by atomic mass is 19.3. The lowest BCUT2D eigenvalue weighted by Crippen LogP contribution is -2.54. The molecule has 1 aliphatic carbocycles. The predicted molar refractivity (Wildman–Crippen MR) is 68.0 cm³/mol. The summed E-state index contributed by atoms with van der Waals surface area (Å²) in [5.41, 5.74) is 0. The maximum atomic E-state index is 12.2. The molecule has 0 amide bonds. The van der Waals surface area contributed by atoms with Crippen molar-refractivity contribution in [2.45, 2.75) is 50.6 Å². The van der Waals surface area contributed by atoms with Crippen LogP contribution < -0.4 is 10.6 Å². The Kier molecular flexibility index (Phi) is 4.31. The number of nitrogens with zero attached hydrogens (tertiary/aromatic N) is 1. The fourth-order valence-corrected chi connectivity index (χ4v) is 3.87. The molecule has 2 unspecified atom stereocenters. The Morgan fingerprint density at radius 3 is 2.63 bits per heavy atom. The number of fused-ring (bicyclic) bond motifs is 1. The maximum Gasteiger partial charge on any atom is 0.345 e. The van der Waals surface area contributed by atoms with Crippen molar-refractivity contribution in [2.75, 3.05) is 26.2 Å². The van der Waals surface area contributed by atoms with E-state index in [1.54, 1.807) is 0 Å². The molecule has 1 saturated carbocycles. The predicted octanol–water partition coefficient (Wildman–Crippen LogP) is 0.987. The molecular weight excluding hydrogens is 252 g/mol. The zero-order valence-corrected chi connectivity index (χ0v) is 11.2. The third kappa shape index (κ3) is 3.07. The minimum atomic E-state index is -2.62. The van der Waals surface area contributed by atoms with Crippen LogP contribution in [-0.4, -0.2) is 56.0 Å². The molecule has 2 aliphatic heterocycles. The molecule has 110 valence electrons. The van der Waals surface area contributed by atoms with Gasteiger partial charge in [-0.2, -0.15) is 8.78 Å². The van der Waals surface area contributed by atoms with Gasteiger partial charge in [0.05, 0.1) is 12.3 Å². The van der Waals surface area contributed by atoms with Crippen LogP contribution in [0.15, 0.2) is 0 Å². The molecule has 6 heteroatoms. The van der Waals surface area contributed by atoms with Gasteiger partial charge < -0.3 is 10.1 Å². The molecule has 0 aromatic rings. The Labute approximate surface area is 112 Å². The molecule has 0 spiro atoms. The lowest BCUT2D eigenvalue weighted by molar-refractivity contribution is -0.172. The fraction of sp³-hybridized carbons (Fsp3) is 1.00. The first-order valence-corrected chi connectivity index (χ1v) is 7.37. The lowest BCUT2D eigenvalue weighted by Gasteiger charge is -2.39. The van der Waals surface area contributed by atoms with E-state index in [2.05, 4.69) is 20.3 Å². The summed E-state index contributed by atoms with van der Waals surface area (Å²) in [6.07, 6.45) is 3.82. The van der Waals surface area contributed by atoms with E-state index in [0.717, 1.165) is 51.9 Å². The minimum absolute atomic E-state index is 0.232. The van der Waals surface area contributed by atoms with Crippen molar-refractivity contribution in [1.29, 1.82) is 0 Å². The van der Waals surface area contributed by atoms with Crippen LogP contribution in [0.1, 0.15) is 25.7 Å². The molecule has 2 heterocycles. The SMILES string of the molecule is FC(F)OC1CCC(C2CNC3CNCCN32)CC1. The summed E-state index contributed by atoms with van der Waals surface area (Å²) < 4.78 is 29.0. The first kappa shape index (κ1) is 13.7. The molecule has 4 nitrogen and oxygen atoms in total. The molecular formula is C13H23F2N3O. The van der Waals surface area contributed by atoms with E-state index >= 15 is 0 Å². The molecule has 2 atom stereocenters. The number of piperazine rings is 1. The van der Waals surface area contributed by atoms with Crippen molar-refractivity contribution in [1.82, 2.24) is 15.5 Å². The Bertz CT molecular complexity index is 298. The molecule has 0 radical (unpaired) electrons. The summed E-state index contributed by atoms with van der Waals surface area (Å²) in [6, 6.07) is 0.583. The van der Waals surface area contributed by atoms with Gasteiger partial charge >= 0.3 is 6.61 Å². The van der Waals surface area contributed by atoms with Crippen LogP contribution in [0.4, 0.5) is 8.78 Å². The van der Waals surface area contributed by atoms with E-state index in [4.69, 9.17) is 0 Å². The maximum absolute atomic E-state index is 12.2. The van der Waals surface area contributed by atoms with E-state index in [1.165, 1.54) is 0 Å². The second-order valence-electron chi connectivity index (χ2n) is 5.87. The largest absolute Gasteiger partial charge is 0.345 e. The summed E-state index contributed by atoms with van der Waals surface area (Å²) in [7, 11) is 0. The zero-order valence-electron chi connectivity index (χ0n) is 11.2. The van der Waals surface area contributed by atoms with Gasteiger partial charge in [-0.1, -0.05) is 0 Å². The van der Waals surface area contributed by atoms with Gasteiger partial charge in [0.15, 0.2) is 0 Å². The smallest absolute Gasteiger partial charge is 0.320 e. The van der Waals surface area contributed by atoms with Gasteiger partial charge in [-0.05, 0) is 31.6 Å². The third-order valence-corrected chi connectivity index (χ3v) is 4.83. The van der Waals surface area contributed by atoms with Gasteiger partial charge in [0, 0.05) is 32.2 Å². The zero-order chi connectivity index (χ0) is 13.2. The molecule has 0 aromatic carbocycles. The first-order chi connectivity index (χ1) is 9.24. The van der Waals surface area contributed by atoms with Crippen LogP contribution in [0.5, 0.6) is 0 Å². The molecule has 0 aromatic heterocycles. The van der Waals surface area contributed by atoms with Gasteiger partial charge in [0.25, 0.3) is 0 Å². The number of alkyl halides is 2. The van der Waals surface area contributed by atoms with Crippen molar-refractivity contribution in [3.63, 3.8) is 0 Å². The number of ether oxygens (including phenoxy) is 1. The van der Waals surface area contributed by atoms with Crippen molar-refractivity contribution >= 4 is 0 Å². The quantitative estimate of drug-likeness (QED) is 0.805. The van der Waals surface area contributed by atoms with E-state index in [-0.39, 0.29) is 6.10 Å². The minimum Gasteiger partial charge on any atom is -0.320 e. The molecule has 0 bridgehead atoms. The Morgan fingerprint density at radius 2 is 1.89 bits per heavy atom. The molecule has 19 heavy (non-hydrogen) atoms. The number of halogens is 2. The van der Waals surface area contributed by atoms with Crippen LogP contribution in [0, 0.1) is 5.92 Å². The molecule has 3 aliphatic rings. The van der Waals surface area contributed by atoms with Crippen LogP contribution in [0.3, 0.4) is 0 Å². The van der Waals surface area contributed by atoms with Crippen LogP contribution >= 0.6 is 0 Å². The molecule has 2 saturated heterocycles. The highest BCUT2D eigenvalue weighted by Gasteiger charge is 2.40. The van der Waals surface area contributed by atoms with Crippen molar-refractivity contribution in [3.8, 4) is 0 Å². The topological polar surface area (TPSA) is 36.5 Å². The average molecular weight is 275 g/mol. The monoisotopic (exact) mass is 275 g/mol. The van der Waals surface area contributed by atoms with Gasteiger partial charge in [-0.3, -0.25) is 10.2 Å². The van der Waals surface area contributed by atoms with Gasteiger partial charge in [0.1, 0.15) is 0 Å². The summed E-state index contributed by atoms with van der Waals surface area (Å²) >= 11 is 0. The summed E-state index contributed by atoms with van der Waals surface area (Å²) in [6.45, 7) is 1.58. The second kappa shape index (κ2) is 5.99. The highest BCUT2D eigenvalue weighted by molar-refractivity contribution is 4.95. The highest BCUT2D eigenvalue weighted by Crippen LogP contribution is 2.33. The van der Waals surface area contributed by atoms with Gasteiger partial charge in [-0.25, -0.2) is 0 Å². The van der Waals surface area contributed by atoms with Crippen molar-refractivity contribution < 1.29 is 13.5 Å². The van der Waals surface area contributed by atoms with Crippen LogP contribution in [0.25, 0.3) is 0 Å². The number of hydrogen-bond donors (Lipinski definition) is 2. The van der Waals surface area contributed by atoms with Gasteiger partial charge in [-0.15, -0.1) is 0 Å². The summed E-state index contributed by atoms with van der Waals surface area (Å²) in [5.74, 6) is 0.633. The van der Waals surface area contributed by atoms with Crippen molar-refractivity contribution in [3.05, 3.63) is 0 Å². The number of hydrogen-bond acceptors (Lipinski definition) is 4. The normalized spacial score (nSPS) is 40.6. The van der Waals surface area contributed by atoms with Crippen LogP contribution in [-0.2, 0) is 4.74 Å². The van der Waals surface area contributed by atoms with E-state index in [9.17, 15) is 8.78 Å². The van der Waals surface area contributed by atoms with Crippen LogP contribution in [0.2, 0.25) is 0 Å². The van der Waals surface area contributed by atoms with Crippen molar-refractivity contribution in [2.24, 2.45) is 5.92 Å². The lowest BCUT2D eigenvalue weighted by atomic mass is 9.82. The number of rotatable bonds is 3. The Hall–Kier alpha value is -0.300. The summed E-state index contributed by atoms with van der Waals surface area (Å²) in [4.78, 5) is 2.56. The number of nitrogens with one attached hydrogen (secondary N) is 2. The molecule has 3 rings (SSSR count). The Morgan fingerprint density at radius 1 is 1.11 bits per heavy atom. The standard InChI is InChI=1S/C13H23F2N3O/c14-13(15)19-10-3-1-9(2-4-10)11-7-17-12-8-16-5-6-18(11)12/h9-13,16-17H,1-8H2. The molecule has 2 N–H and O–H groups in total. The van der Waals surface area contributed by atoms with E-state index < -0.39 is 6.61 Å². The average Bonchev–Trinajstić information content (AvgIpc) is 2.83. The fourth-order valence-electron chi connectivity index (χ4n) is 3.87.